The molecule has 1 N–H and O–H groups in total. The highest BCUT2D eigenvalue weighted by atomic mass is 35.5. The molecule has 1 amide bonds. The van der Waals surface area contributed by atoms with Crippen LogP contribution in [0.4, 0.5) is 4.39 Å². The van der Waals surface area contributed by atoms with E-state index < -0.39 is 17.8 Å². The predicted octanol–water partition coefficient (Wildman–Crippen LogP) is 2.51. The quantitative estimate of drug-likeness (QED) is 0.656. The second-order valence-corrected chi connectivity index (χ2v) is 3.67. The summed E-state index contributed by atoms with van der Waals surface area (Å²) in [5.74, 6) is 1.02. The number of amides is 1. The zero-order valence-corrected chi connectivity index (χ0v) is 9.65. The average Bonchev–Trinajstić information content (AvgIpc) is 2.26. The summed E-state index contributed by atoms with van der Waals surface area (Å²) < 4.78 is 13.5. The maximum absolute atomic E-state index is 13.5. The van der Waals surface area contributed by atoms with Crippen LogP contribution in [0.3, 0.4) is 0 Å². The molecular weight excluding hydrogens is 252 g/mol. The van der Waals surface area contributed by atoms with Crippen LogP contribution in [-0.4, -0.2) is 11.8 Å². The molecule has 0 spiro atoms. The molecule has 0 bridgehead atoms. The van der Waals surface area contributed by atoms with Gasteiger partial charge in [-0.05, 0) is 12.1 Å². The van der Waals surface area contributed by atoms with Crippen molar-refractivity contribution in [3.05, 3.63) is 34.6 Å². The van der Waals surface area contributed by atoms with E-state index in [1.807, 2.05) is 0 Å². The fourth-order valence-electron chi connectivity index (χ4n) is 1.14. The summed E-state index contributed by atoms with van der Waals surface area (Å²) in [6.45, 7) is 0. The van der Waals surface area contributed by atoms with Crippen LogP contribution in [0.25, 0.3) is 0 Å². The van der Waals surface area contributed by atoms with E-state index in [4.69, 9.17) is 29.6 Å². The Morgan fingerprint density at radius 2 is 2.31 bits per heavy atom. The maximum Gasteiger partial charge on any atom is 0.236 e. The molecule has 0 aliphatic rings. The van der Waals surface area contributed by atoms with Crippen LogP contribution in [0, 0.1) is 18.2 Å². The van der Waals surface area contributed by atoms with Gasteiger partial charge in [-0.2, -0.15) is 0 Å². The molecule has 1 unspecified atom stereocenters. The van der Waals surface area contributed by atoms with Gasteiger partial charge in [0.15, 0.2) is 0 Å². The van der Waals surface area contributed by atoms with Crippen LogP contribution in [0.2, 0.25) is 5.02 Å². The highest BCUT2D eigenvalue weighted by Crippen LogP contribution is 2.20. The van der Waals surface area contributed by atoms with Crippen LogP contribution in [0.1, 0.15) is 11.6 Å². The highest BCUT2D eigenvalue weighted by molar-refractivity contribution is 6.30. The number of halogens is 3. The Labute approximate surface area is 103 Å². The third-order valence-corrected chi connectivity index (χ3v) is 2.34. The highest BCUT2D eigenvalue weighted by Gasteiger charge is 2.15. The monoisotopic (exact) mass is 259 g/mol. The average molecular weight is 260 g/mol. The normalized spacial score (nSPS) is 11.6. The van der Waals surface area contributed by atoms with Crippen LogP contribution in [-0.2, 0) is 4.79 Å². The van der Waals surface area contributed by atoms with Gasteiger partial charge < -0.3 is 5.32 Å². The molecule has 0 aliphatic heterocycles. The molecule has 0 heterocycles. The van der Waals surface area contributed by atoms with Crippen molar-refractivity contribution in [3.63, 3.8) is 0 Å². The number of alkyl halides is 1. The van der Waals surface area contributed by atoms with E-state index in [9.17, 15) is 9.18 Å². The first-order valence-electron chi connectivity index (χ1n) is 4.35. The first kappa shape index (κ1) is 12.8. The van der Waals surface area contributed by atoms with Gasteiger partial charge in [0.1, 0.15) is 17.7 Å². The number of rotatable bonds is 3. The Morgan fingerprint density at radius 3 is 2.81 bits per heavy atom. The van der Waals surface area contributed by atoms with Crippen LogP contribution < -0.4 is 5.32 Å². The Balaban J connectivity index is 2.96. The molecule has 84 valence electrons. The van der Waals surface area contributed by atoms with Crippen molar-refractivity contribution in [1.29, 1.82) is 0 Å². The summed E-state index contributed by atoms with van der Waals surface area (Å²) in [7, 11) is 0. The van der Waals surface area contributed by atoms with Gasteiger partial charge in [0.2, 0.25) is 5.91 Å². The topological polar surface area (TPSA) is 29.1 Å². The Bertz CT molecular complexity index is 442. The van der Waals surface area contributed by atoms with Crippen LogP contribution in [0.15, 0.2) is 18.2 Å². The summed E-state index contributed by atoms with van der Waals surface area (Å²) in [4.78, 5) is 11.0. The minimum Gasteiger partial charge on any atom is -0.337 e. The molecule has 1 atom stereocenters. The number of hydrogen-bond donors (Lipinski definition) is 1. The van der Waals surface area contributed by atoms with E-state index in [1.165, 1.54) is 12.1 Å². The van der Waals surface area contributed by atoms with E-state index in [1.54, 1.807) is 0 Å². The third-order valence-electron chi connectivity index (χ3n) is 1.87. The fraction of sp³-hybridized carbons (Fsp3) is 0.182. The molecule has 0 saturated heterocycles. The number of benzene rings is 1. The van der Waals surface area contributed by atoms with Crippen molar-refractivity contribution in [2.24, 2.45) is 0 Å². The minimum absolute atomic E-state index is 0.186. The molecule has 5 heteroatoms. The SMILES string of the molecule is C#CC(NC(=O)CCl)c1ccc(Cl)cc1F. The Morgan fingerprint density at radius 1 is 1.62 bits per heavy atom. The van der Waals surface area contributed by atoms with Crippen molar-refractivity contribution in [2.45, 2.75) is 6.04 Å². The Kier molecular flexibility index (Phi) is 4.60. The van der Waals surface area contributed by atoms with Crippen molar-refractivity contribution >= 4 is 29.1 Å². The second kappa shape index (κ2) is 5.74. The molecule has 0 radical (unpaired) electrons. The molecule has 0 saturated carbocycles. The summed E-state index contributed by atoms with van der Waals surface area (Å²) >= 11 is 10.9. The lowest BCUT2D eigenvalue weighted by atomic mass is 10.1. The van der Waals surface area contributed by atoms with Gasteiger partial charge in [0.25, 0.3) is 0 Å². The van der Waals surface area contributed by atoms with Crippen molar-refractivity contribution in [2.75, 3.05) is 5.88 Å². The van der Waals surface area contributed by atoms with Gasteiger partial charge in [0.05, 0.1) is 0 Å². The van der Waals surface area contributed by atoms with Crippen LogP contribution >= 0.6 is 23.2 Å². The zero-order valence-electron chi connectivity index (χ0n) is 8.14. The number of carbonyl (C=O) groups is 1. The molecule has 2 nitrogen and oxygen atoms in total. The zero-order chi connectivity index (χ0) is 12.1. The van der Waals surface area contributed by atoms with Gasteiger partial charge >= 0.3 is 0 Å². The van der Waals surface area contributed by atoms with Crippen molar-refractivity contribution < 1.29 is 9.18 Å². The summed E-state index contributed by atoms with van der Waals surface area (Å²) in [6, 6.07) is 3.21. The lowest BCUT2D eigenvalue weighted by molar-refractivity contribution is -0.119. The summed E-state index contributed by atoms with van der Waals surface area (Å²) in [5.41, 5.74) is 0.186. The first-order valence-corrected chi connectivity index (χ1v) is 5.26. The molecule has 1 rings (SSSR count). The number of terminal acetylenes is 1. The Hall–Kier alpha value is -1.24. The number of carbonyl (C=O) groups excluding carboxylic acids is 1. The van der Waals surface area contributed by atoms with Gasteiger partial charge in [0, 0.05) is 10.6 Å². The smallest absolute Gasteiger partial charge is 0.236 e. The lowest BCUT2D eigenvalue weighted by Crippen LogP contribution is -2.29. The van der Waals surface area contributed by atoms with Crippen molar-refractivity contribution in [3.8, 4) is 12.3 Å². The molecule has 1 aromatic rings. The first-order chi connectivity index (χ1) is 7.58. The largest absolute Gasteiger partial charge is 0.337 e. The third kappa shape index (κ3) is 3.13. The summed E-state index contributed by atoms with van der Waals surface area (Å²) in [5, 5.41) is 2.67. The minimum atomic E-state index is -0.844. The van der Waals surface area contributed by atoms with Gasteiger partial charge in [-0.3, -0.25) is 4.79 Å². The van der Waals surface area contributed by atoms with E-state index >= 15 is 0 Å². The molecule has 16 heavy (non-hydrogen) atoms. The van der Waals surface area contributed by atoms with Gasteiger partial charge in [-0.15, -0.1) is 18.0 Å². The van der Waals surface area contributed by atoms with Crippen molar-refractivity contribution in [1.82, 2.24) is 5.32 Å². The van der Waals surface area contributed by atoms with E-state index in [0.717, 1.165) is 6.07 Å². The van der Waals surface area contributed by atoms with E-state index in [2.05, 4.69) is 11.2 Å². The maximum atomic E-state index is 13.5. The number of nitrogens with one attached hydrogen (secondary N) is 1. The standard InChI is InChI=1S/C11H8Cl2FNO/c1-2-10(15-11(16)6-12)8-4-3-7(13)5-9(8)14/h1,3-5,10H,6H2,(H,15,16). The fourth-order valence-corrected chi connectivity index (χ4v) is 1.38. The number of hydrogen-bond acceptors (Lipinski definition) is 1. The molecule has 0 fully saturated rings. The molecular formula is C11H8Cl2FNO. The molecule has 0 aliphatic carbocycles. The second-order valence-electron chi connectivity index (χ2n) is 2.97. The predicted molar refractivity (Wildman–Crippen MR) is 61.8 cm³/mol. The van der Waals surface area contributed by atoms with E-state index in [0.29, 0.717) is 0 Å². The van der Waals surface area contributed by atoms with Gasteiger partial charge in [-0.25, -0.2) is 4.39 Å². The lowest BCUT2D eigenvalue weighted by Gasteiger charge is -2.13. The molecule has 0 aromatic heterocycles. The van der Waals surface area contributed by atoms with Crippen LogP contribution in [0.5, 0.6) is 0 Å². The summed E-state index contributed by atoms with van der Waals surface area (Å²) in [6.07, 6.45) is 5.21. The van der Waals surface area contributed by atoms with Gasteiger partial charge in [-0.1, -0.05) is 23.6 Å². The van der Waals surface area contributed by atoms with E-state index in [-0.39, 0.29) is 16.5 Å². The molecule has 1 aromatic carbocycles.